The van der Waals surface area contributed by atoms with E-state index in [2.05, 4.69) is 214 Å². The highest BCUT2D eigenvalue weighted by Gasteiger charge is 2.23. The third-order valence-corrected chi connectivity index (χ3v) is 12.6. The molecule has 0 aliphatic rings. The zero-order valence-electron chi connectivity index (χ0n) is 34.1. The Morgan fingerprint density at radius 2 is 0.762 bits per heavy atom. The average Bonchev–Trinajstić information content (AvgIpc) is 4.00. The molecule has 5 nitrogen and oxygen atoms in total. The number of benzene rings is 9. The molecule has 0 aliphatic carbocycles. The van der Waals surface area contributed by atoms with Crippen LogP contribution >= 0.6 is 0 Å². The normalized spacial score (nSPS) is 11.8. The first-order valence-corrected chi connectivity index (χ1v) is 21.4. The van der Waals surface area contributed by atoms with Crippen molar-refractivity contribution in [2.75, 3.05) is 0 Å². The lowest BCUT2D eigenvalue weighted by atomic mass is 10.0. The molecule has 0 radical (unpaired) electrons. The fraction of sp³-hybridized carbons (Fsp3) is 0. The summed E-state index contributed by atoms with van der Waals surface area (Å²) in [5, 5.41) is 7.22. The second-order valence-electron chi connectivity index (χ2n) is 16.2. The highest BCUT2D eigenvalue weighted by Crippen LogP contribution is 2.44. The lowest BCUT2D eigenvalue weighted by Gasteiger charge is -2.11. The molecular formula is C58H37N5. The number of hydrogen-bond acceptors (Lipinski definition) is 2. The number of fused-ring (bicyclic) bond motifs is 10. The molecule has 9 aromatic carbocycles. The molecule has 0 N–H and O–H groups in total. The van der Waals surface area contributed by atoms with Crippen LogP contribution in [-0.2, 0) is 0 Å². The molecule has 4 aromatic heterocycles. The lowest BCUT2D eigenvalue weighted by Crippen LogP contribution is -1.97. The molecule has 0 atom stereocenters. The van der Waals surface area contributed by atoms with E-state index in [1.807, 2.05) is 24.3 Å². The highest BCUT2D eigenvalue weighted by molar-refractivity contribution is 6.26. The van der Waals surface area contributed by atoms with Crippen LogP contribution in [0.25, 0.3) is 116 Å². The van der Waals surface area contributed by atoms with Crippen molar-refractivity contribution < 1.29 is 0 Å². The van der Waals surface area contributed by atoms with Gasteiger partial charge in [-0.3, -0.25) is 0 Å². The fourth-order valence-electron chi connectivity index (χ4n) is 9.87. The third-order valence-electron chi connectivity index (χ3n) is 12.6. The molecule has 0 unspecified atom stereocenters. The summed E-state index contributed by atoms with van der Waals surface area (Å²) < 4.78 is 7.29. The quantitative estimate of drug-likeness (QED) is 0.168. The maximum atomic E-state index is 5.28. The number of aromatic nitrogens is 5. The van der Waals surface area contributed by atoms with Gasteiger partial charge in [-0.05, 0) is 78.9 Å². The van der Waals surface area contributed by atoms with E-state index < -0.39 is 0 Å². The van der Waals surface area contributed by atoms with Gasteiger partial charge in [0.25, 0.3) is 0 Å². The molecule has 13 aromatic rings. The minimum Gasteiger partial charge on any atom is -0.309 e. The monoisotopic (exact) mass is 803 g/mol. The van der Waals surface area contributed by atoms with Gasteiger partial charge in [0.05, 0.1) is 44.5 Å². The molecule has 294 valence electrons. The van der Waals surface area contributed by atoms with Crippen molar-refractivity contribution in [1.82, 2.24) is 23.7 Å². The van der Waals surface area contributed by atoms with E-state index in [1.165, 1.54) is 49.0 Å². The van der Waals surface area contributed by atoms with Crippen molar-refractivity contribution in [1.29, 1.82) is 0 Å². The lowest BCUT2D eigenvalue weighted by molar-refractivity contribution is 1.16. The maximum absolute atomic E-state index is 5.28. The van der Waals surface area contributed by atoms with E-state index in [0.29, 0.717) is 5.82 Å². The standard InChI is InChI=1S/C58H37N5/c1-5-17-38(18-6-1)49-37-50(60-58(59-49)39-19-7-2-8-20-39)40-29-32-54-48(35-40)56-55(34-31-46-44-25-13-16-28-52(44)63(57(46)56)42-23-11-4-12-24-42)62(54)43-30-33-53-47(36-43)45-26-14-15-27-51(45)61(53)41-21-9-3-10-22-41/h1-37H. The number of nitrogens with zero attached hydrogens (tertiary/aromatic N) is 5. The first kappa shape index (κ1) is 35.2. The van der Waals surface area contributed by atoms with Crippen LogP contribution in [-0.4, -0.2) is 23.7 Å². The summed E-state index contributed by atoms with van der Waals surface area (Å²) in [7, 11) is 0. The second-order valence-corrected chi connectivity index (χ2v) is 16.2. The maximum Gasteiger partial charge on any atom is 0.160 e. The first-order chi connectivity index (χ1) is 31.3. The van der Waals surface area contributed by atoms with Crippen molar-refractivity contribution in [3.63, 3.8) is 0 Å². The summed E-state index contributed by atoms with van der Waals surface area (Å²) in [6, 6.07) is 80.2. The van der Waals surface area contributed by atoms with Crippen LogP contribution in [0.5, 0.6) is 0 Å². The van der Waals surface area contributed by atoms with E-state index in [0.717, 1.165) is 61.6 Å². The largest absolute Gasteiger partial charge is 0.309 e. The summed E-state index contributed by atoms with van der Waals surface area (Å²) in [5.41, 5.74) is 15.2. The Morgan fingerprint density at radius 1 is 0.270 bits per heavy atom. The van der Waals surface area contributed by atoms with E-state index in [1.54, 1.807) is 0 Å². The number of para-hydroxylation sites is 4. The van der Waals surface area contributed by atoms with Crippen molar-refractivity contribution in [2.24, 2.45) is 0 Å². The Kier molecular flexibility index (Phi) is 7.84. The van der Waals surface area contributed by atoms with E-state index in [9.17, 15) is 0 Å². The van der Waals surface area contributed by atoms with Crippen LogP contribution in [0.4, 0.5) is 0 Å². The molecule has 4 heterocycles. The van der Waals surface area contributed by atoms with Crippen LogP contribution in [0.3, 0.4) is 0 Å². The van der Waals surface area contributed by atoms with Crippen LogP contribution in [0.15, 0.2) is 224 Å². The van der Waals surface area contributed by atoms with Gasteiger partial charge in [0, 0.05) is 66.1 Å². The summed E-state index contributed by atoms with van der Waals surface area (Å²) in [6.45, 7) is 0. The van der Waals surface area contributed by atoms with Crippen molar-refractivity contribution in [3.05, 3.63) is 224 Å². The van der Waals surface area contributed by atoms with Gasteiger partial charge in [-0.25, -0.2) is 9.97 Å². The number of hydrogen-bond donors (Lipinski definition) is 0. The summed E-state index contributed by atoms with van der Waals surface area (Å²) in [5.74, 6) is 0.698. The predicted octanol–water partition coefficient (Wildman–Crippen LogP) is 14.8. The minimum absolute atomic E-state index is 0.698. The van der Waals surface area contributed by atoms with Gasteiger partial charge in [-0.2, -0.15) is 0 Å². The summed E-state index contributed by atoms with van der Waals surface area (Å²) >= 11 is 0. The SMILES string of the molecule is c1ccc(-c2cc(-c3ccc4c(c3)c3c(ccc5c6ccccc6n(-c6ccccc6)c53)n4-c3ccc4c(c3)c3ccccc3n4-c3ccccc3)nc(-c3ccccc3)n2)cc1. The van der Waals surface area contributed by atoms with Crippen LogP contribution < -0.4 is 0 Å². The molecular weight excluding hydrogens is 767 g/mol. The van der Waals surface area contributed by atoms with Gasteiger partial charge >= 0.3 is 0 Å². The molecule has 13 rings (SSSR count). The van der Waals surface area contributed by atoms with Crippen LogP contribution in [0.2, 0.25) is 0 Å². The van der Waals surface area contributed by atoms with Gasteiger partial charge in [0.15, 0.2) is 5.82 Å². The minimum atomic E-state index is 0.698. The Labute approximate surface area is 363 Å². The van der Waals surface area contributed by atoms with E-state index in [4.69, 9.17) is 9.97 Å². The van der Waals surface area contributed by atoms with Crippen LogP contribution in [0, 0.1) is 0 Å². The zero-order valence-corrected chi connectivity index (χ0v) is 34.1. The van der Waals surface area contributed by atoms with Gasteiger partial charge in [-0.1, -0.05) is 146 Å². The Morgan fingerprint density at radius 3 is 1.46 bits per heavy atom. The fourth-order valence-corrected chi connectivity index (χ4v) is 9.87. The molecule has 0 saturated carbocycles. The van der Waals surface area contributed by atoms with Crippen molar-refractivity contribution in [2.45, 2.75) is 0 Å². The summed E-state index contributed by atoms with van der Waals surface area (Å²) in [6.07, 6.45) is 0. The smallest absolute Gasteiger partial charge is 0.160 e. The molecule has 0 amide bonds. The predicted molar refractivity (Wildman–Crippen MR) is 261 cm³/mol. The molecule has 0 bridgehead atoms. The molecule has 63 heavy (non-hydrogen) atoms. The number of rotatable bonds is 6. The molecule has 0 saturated heterocycles. The van der Waals surface area contributed by atoms with Crippen LogP contribution in [0.1, 0.15) is 0 Å². The topological polar surface area (TPSA) is 40.6 Å². The van der Waals surface area contributed by atoms with Crippen molar-refractivity contribution in [3.8, 4) is 51.0 Å². The van der Waals surface area contributed by atoms with Crippen molar-refractivity contribution >= 4 is 65.4 Å². The van der Waals surface area contributed by atoms with E-state index >= 15 is 0 Å². The average molecular weight is 804 g/mol. The Hall–Kier alpha value is -8.54. The second kappa shape index (κ2) is 14.0. The van der Waals surface area contributed by atoms with Gasteiger partial charge in [0.1, 0.15) is 0 Å². The molecule has 0 aliphatic heterocycles. The van der Waals surface area contributed by atoms with E-state index in [-0.39, 0.29) is 0 Å². The van der Waals surface area contributed by atoms with Gasteiger partial charge < -0.3 is 13.7 Å². The molecule has 5 heteroatoms. The van der Waals surface area contributed by atoms with Gasteiger partial charge in [-0.15, -0.1) is 0 Å². The Balaban J connectivity index is 1.13. The molecule has 0 fully saturated rings. The Bertz CT molecular complexity index is 3820. The molecule has 0 spiro atoms. The zero-order chi connectivity index (χ0) is 41.4. The summed E-state index contributed by atoms with van der Waals surface area (Å²) in [4.78, 5) is 10.4. The highest BCUT2D eigenvalue weighted by atomic mass is 15.0. The van der Waals surface area contributed by atoms with Gasteiger partial charge in [0.2, 0.25) is 0 Å². The first-order valence-electron chi connectivity index (χ1n) is 21.4. The third kappa shape index (κ3) is 5.50.